The predicted molar refractivity (Wildman–Crippen MR) is 131 cm³/mol. The van der Waals surface area contributed by atoms with Crippen LogP contribution in [0.3, 0.4) is 0 Å². The Hall–Kier alpha value is -4.00. The van der Waals surface area contributed by atoms with Gasteiger partial charge in [-0.1, -0.05) is 36.4 Å². The van der Waals surface area contributed by atoms with E-state index in [9.17, 15) is 9.59 Å². The zero-order valence-corrected chi connectivity index (χ0v) is 19.5. The molecular formula is C27H28N2O5. The summed E-state index contributed by atoms with van der Waals surface area (Å²) in [7, 11) is 0. The number of fused-ring (bicyclic) bond motifs is 1. The number of amides is 2. The monoisotopic (exact) mass is 460 g/mol. The van der Waals surface area contributed by atoms with Gasteiger partial charge in [0.2, 0.25) is 0 Å². The Morgan fingerprint density at radius 2 is 1.74 bits per heavy atom. The number of hydrogen-bond acceptors (Lipinski definition) is 5. The van der Waals surface area contributed by atoms with Gasteiger partial charge in [0.25, 0.3) is 11.8 Å². The number of para-hydroxylation sites is 2. The van der Waals surface area contributed by atoms with Crippen LogP contribution in [-0.2, 0) is 9.59 Å². The molecule has 0 radical (unpaired) electrons. The number of hydrogen-bond donors (Lipinski definition) is 1. The first kappa shape index (κ1) is 23.2. The van der Waals surface area contributed by atoms with Crippen LogP contribution >= 0.6 is 0 Å². The van der Waals surface area contributed by atoms with Gasteiger partial charge in [0.05, 0.1) is 12.2 Å². The molecule has 1 aliphatic rings. The van der Waals surface area contributed by atoms with Crippen molar-refractivity contribution in [3.8, 4) is 17.2 Å². The Morgan fingerprint density at radius 1 is 1.00 bits per heavy atom. The van der Waals surface area contributed by atoms with Crippen LogP contribution in [0.4, 0.5) is 11.4 Å². The summed E-state index contributed by atoms with van der Waals surface area (Å²) in [6.45, 7) is 6.15. The second-order valence-electron chi connectivity index (χ2n) is 8.15. The topological polar surface area (TPSA) is 77.1 Å². The molecular weight excluding hydrogens is 432 g/mol. The smallest absolute Gasteiger partial charge is 0.267 e. The molecule has 1 N–H and O–H groups in total. The molecule has 4 rings (SSSR count). The van der Waals surface area contributed by atoms with E-state index in [1.165, 1.54) is 0 Å². The standard InChI is InChI=1S/C27H28N2O5/c1-18-8-7-9-19(2)26(18)33-17-25(30)28-21-12-13-24-23(16-21)29(27(31)20(3)34-24)14-15-32-22-10-5-4-6-11-22/h4-13,16,20H,14-15,17H2,1-3H3,(H,28,30). The minimum atomic E-state index is -0.601. The molecule has 0 saturated carbocycles. The Morgan fingerprint density at radius 3 is 2.47 bits per heavy atom. The van der Waals surface area contributed by atoms with Crippen LogP contribution in [0.1, 0.15) is 18.1 Å². The number of carbonyl (C=O) groups excluding carboxylic acids is 2. The van der Waals surface area contributed by atoms with E-state index in [2.05, 4.69) is 5.32 Å². The Balaban J connectivity index is 1.43. The van der Waals surface area contributed by atoms with Gasteiger partial charge < -0.3 is 24.4 Å². The largest absolute Gasteiger partial charge is 0.492 e. The molecule has 176 valence electrons. The molecule has 1 heterocycles. The molecule has 34 heavy (non-hydrogen) atoms. The van der Waals surface area contributed by atoms with Crippen LogP contribution in [0.2, 0.25) is 0 Å². The van der Waals surface area contributed by atoms with Crippen molar-refractivity contribution >= 4 is 23.2 Å². The summed E-state index contributed by atoms with van der Waals surface area (Å²) in [6, 6.07) is 20.5. The lowest BCUT2D eigenvalue weighted by molar-refractivity contribution is -0.125. The molecule has 7 heteroatoms. The van der Waals surface area contributed by atoms with Crippen LogP contribution in [0.15, 0.2) is 66.7 Å². The summed E-state index contributed by atoms with van der Waals surface area (Å²) in [5, 5.41) is 2.84. The van der Waals surface area contributed by atoms with E-state index in [1.54, 1.807) is 30.0 Å². The molecule has 0 bridgehead atoms. The maximum Gasteiger partial charge on any atom is 0.267 e. The van der Waals surface area contributed by atoms with Gasteiger partial charge in [-0.3, -0.25) is 9.59 Å². The van der Waals surface area contributed by atoms with Gasteiger partial charge in [-0.25, -0.2) is 0 Å². The summed E-state index contributed by atoms with van der Waals surface area (Å²) >= 11 is 0. The lowest BCUT2D eigenvalue weighted by atomic mass is 10.1. The van der Waals surface area contributed by atoms with Crippen LogP contribution in [0.25, 0.3) is 0 Å². The first-order valence-electron chi connectivity index (χ1n) is 11.2. The highest BCUT2D eigenvalue weighted by Gasteiger charge is 2.31. The number of rotatable bonds is 8. The van der Waals surface area contributed by atoms with Crippen LogP contribution in [0.5, 0.6) is 17.2 Å². The fraction of sp³-hybridized carbons (Fsp3) is 0.259. The Labute approximate surface area is 199 Å². The van der Waals surface area contributed by atoms with E-state index < -0.39 is 6.10 Å². The molecule has 2 amide bonds. The first-order chi connectivity index (χ1) is 16.4. The second-order valence-corrected chi connectivity index (χ2v) is 8.15. The summed E-state index contributed by atoms with van der Waals surface area (Å²) in [6.07, 6.45) is -0.601. The fourth-order valence-corrected chi connectivity index (χ4v) is 3.85. The van der Waals surface area contributed by atoms with Gasteiger partial charge in [-0.15, -0.1) is 0 Å². The van der Waals surface area contributed by atoms with E-state index in [1.807, 2.05) is 62.4 Å². The van der Waals surface area contributed by atoms with Gasteiger partial charge in [-0.2, -0.15) is 0 Å². The molecule has 3 aromatic carbocycles. The lowest BCUT2D eigenvalue weighted by Crippen LogP contribution is -2.46. The number of nitrogens with one attached hydrogen (secondary N) is 1. The first-order valence-corrected chi connectivity index (χ1v) is 11.2. The minimum Gasteiger partial charge on any atom is -0.492 e. The number of benzene rings is 3. The molecule has 0 fully saturated rings. The number of carbonyl (C=O) groups is 2. The summed E-state index contributed by atoms with van der Waals surface area (Å²) in [4.78, 5) is 27.0. The van der Waals surface area contributed by atoms with Crippen molar-refractivity contribution in [2.75, 3.05) is 30.0 Å². The molecule has 1 aliphatic heterocycles. The zero-order valence-electron chi connectivity index (χ0n) is 19.5. The van der Waals surface area contributed by atoms with E-state index >= 15 is 0 Å². The molecule has 0 spiro atoms. The average molecular weight is 461 g/mol. The van der Waals surface area contributed by atoms with Crippen LogP contribution < -0.4 is 24.4 Å². The molecule has 7 nitrogen and oxygen atoms in total. The highest BCUT2D eigenvalue weighted by molar-refractivity contribution is 6.01. The van der Waals surface area contributed by atoms with Crippen LogP contribution in [-0.4, -0.2) is 37.7 Å². The van der Waals surface area contributed by atoms with Crippen molar-refractivity contribution in [2.45, 2.75) is 26.9 Å². The number of anilines is 2. The lowest BCUT2D eigenvalue weighted by Gasteiger charge is -2.33. The quantitative estimate of drug-likeness (QED) is 0.535. The van der Waals surface area contributed by atoms with E-state index in [4.69, 9.17) is 14.2 Å². The number of ether oxygens (including phenoxy) is 3. The zero-order chi connectivity index (χ0) is 24.1. The van der Waals surface area contributed by atoms with Crippen molar-refractivity contribution < 1.29 is 23.8 Å². The van der Waals surface area contributed by atoms with Crippen molar-refractivity contribution in [2.24, 2.45) is 0 Å². The maximum atomic E-state index is 12.8. The van der Waals surface area contributed by atoms with Gasteiger partial charge in [0.15, 0.2) is 12.7 Å². The summed E-state index contributed by atoms with van der Waals surface area (Å²) in [5.74, 6) is 1.57. The Bertz CT molecular complexity index is 1160. The van der Waals surface area contributed by atoms with Crippen LogP contribution in [0, 0.1) is 13.8 Å². The van der Waals surface area contributed by atoms with E-state index in [-0.39, 0.29) is 18.4 Å². The van der Waals surface area contributed by atoms with Crippen molar-refractivity contribution in [1.29, 1.82) is 0 Å². The second kappa shape index (κ2) is 10.3. The molecule has 0 saturated heterocycles. The number of nitrogens with zero attached hydrogens (tertiary/aromatic N) is 1. The number of aryl methyl sites for hydroxylation is 2. The van der Waals surface area contributed by atoms with Gasteiger partial charge >= 0.3 is 0 Å². The highest BCUT2D eigenvalue weighted by Crippen LogP contribution is 2.36. The third-order valence-corrected chi connectivity index (χ3v) is 5.53. The van der Waals surface area contributed by atoms with Crippen molar-refractivity contribution in [3.05, 3.63) is 77.9 Å². The molecule has 0 aliphatic carbocycles. The van der Waals surface area contributed by atoms with Crippen molar-refractivity contribution in [3.63, 3.8) is 0 Å². The third-order valence-electron chi connectivity index (χ3n) is 5.53. The average Bonchev–Trinajstić information content (AvgIpc) is 2.82. The van der Waals surface area contributed by atoms with E-state index in [0.29, 0.717) is 36.0 Å². The molecule has 0 aromatic heterocycles. The molecule has 1 unspecified atom stereocenters. The fourth-order valence-electron chi connectivity index (χ4n) is 3.85. The maximum absolute atomic E-state index is 12.8. The summed E-state index contributed by atoms with van der Waals surface area (Å²) < 4.78 is 17.3. The third kappa shape index (κ3) is 5.31. The SMILES string of the molecule is Cc1cccc(C)c1OCC(=O)Nc1ccc2c(c1)N(CCOc1ccccc1)C(=O)C(C)O2. The van der Waals surface area contributed by atoms with E-state index in [0.717, 1.165) is 16.9 Å². The normalized spacial score (nSPS) is 14.7. The summed E-state index contributed by atoms with van der Waals surface area (Å²) in [5.41, 5.74) is 3.08. The van der Waals surface area contributed by atoms with Gasteiger partial charge in [-0.05, 0) is 62.2 Å². The molecule has 1 atom stereocenters. The Kier molecular flexibility index (Phi) is 7.01. The minimum absolute atomic E-state index is 0.121. The van der Waals surface area contributed by atoms with Gasteiger partial charge in [0, 0.05) is 5.69 Å². The predicted octanol–water partition coefficient (Wildman–Crippen LogP) is 4.51. The molecule has 3 aromatic rings. The van der Waals surface area contributed by atoms with Crippen molar-refractivity contribution in [1.82, 2.24) is 0 Å². The highest BCUT2D eigenvalue weighted by atomic mass is 16.5. The van der Waals surface area contributed by atoms with Gasteiger partial charge in [0.1, 0.15) is 23.9 Å².